The molecule has 1 heterocycles. The van der Waals surface area contributed by atoms with Crippen molar-refractivity contribution in [3.63, 3.8) is 0 Å². The van der Waals surface area contributed by atoms with E-state index in [0.29, 0.717) is 17.9 Å². The van der Waals surface area contributed by atoms with Crippen molar-refractivity contribution in [3.05, 3.63) is 0 Å². The fraction of sp³-hybridized carbons (Fsp3) is 0.857. The first-order chi connectivity index (χ1) is 8.59. The second-order valence-electron chi connectivity index (χ2n) is 5.76. The van der Waals surface area contributed by atoms with Crippen molar-refractivity contribution in [2.75, 3.05) is 6.54 Å². The summed E-state index contributed by atoms with van der Waals surface area (Å²) in [7, 11) is 0. The Kier molecular flexibility index (Phi) is 4.25. The van der Waals surface area contributed by atoms with Crippen molar-refractivity contribution in [2.45, 2.75) is 57.9 Å². The maximum absolute atomic E-state index is 12.1. The van der Waals surface area contributed by atoms with Gasteiger partial charge in [-0.3, -0.25) is 9.59 Å². The number of aliphatic carboxylic acids is 1. The number of fused-ring (bicyclic) bond motifs is 1. The number of amides is 1. The van der Waals surface area contributed by atoms with Crippen LogP contribution in [0.5, 0.6) is 0 Å². The van der Waals surface area contributed by atoms with Gasteiger partial charge in [0.05, 0.1) is 6.42 Å². The third kappa shape index (κ3) is 2.85. The molecule has 3 unspecified atom stereocenters. The summed E-state index contributed by atoms with van der Waals surface area (Å²) in [6.45, 7) is 3.11. The van der Waals surface area contributed by atoms with Crippen LogP contribution in [-0.2, 0) is 9.59 Å². The van der Waals surface area contributed by atoms with E-state index in [0.717, 1.165) is 19.4 Å². The minimum absolute atomic E-state index is 0.0394. The molecule has 1 aliphatic carbocycles. The highest BCUT2D eigenvalue weighted by atomic mass is 16.4. The maximum atomic E-state index is 12.1. The molecule has 18 heavy (non-hydrogen) atoms. The van der Waals surface area contributed by atoms with Crippen molar-refractivity contribution < 1.29 is 14.7 Å². The largest absolute Gasteiger partial charge is 0.481 e. The Labute approximate surface area is 108 Å². The molecule has 1 aliphatic heterocycles. The fourth-order valence-electron chi connectivity index (χ4n) is 3.58. The predicted molar refractivity (Wildman–Crippen MR) is 68.1 cm³/mol. The van der Waals surface area contributed by atoms with E-state index in [1.807, 2.05) is 4.90 Å². The van der Waals surface area contributed by atoms with Crippen LogP contribution in [0.25, 0.3) is 0 Å². The van der Waals surface area contributed by atoms with E-state index in [1.165, 1.54) is 19.3 Å². The van der Waals surface area contributed by atoms with Gasteiger partial charge < -0.3 is 10.0 Å². The number of carboxylic acids is 1. The average molecular weight is 253 g/mol. The van der Waals surface area contributed by atoms with Gasteiger partial charge in [0, 0.05) is 19.0 Å². The Morgan fingerprint density at radius 2 is 1.89 bits per heavy atom. The Morgan fingerprint density at radius 3 is 2.61 bits per heavy atom. The van der Waals surface area contributed by atoms with Gasteiger partial charge in [0.2, 0.25) is 5.91 Å². The first-order valence-electron chi connectivity index (χ1n) is 7.11. The quantitative estimate of drug-likeness (QED) is 0.839. The van der Waals surface area contributed by atoms with E-state index >= 15 is 0 Å². The van der Waals surface area contributed by atoms with Gasteiger partial charge in [-0.2, -0.15) is 0 Å². The lowest BCUT2D eigenvalue weighted by Gasteiger charge is -2.47. The summed E-state index contributed by atoms with van der Waals surface area (Å²) in [5.41, 5.74) is 0. The Balaban J connectivity index is 1.98. The van der Waals surface area contributed by atoms with Gasteiger partial charge in [0.25, 0.3) is 0 Å². The smallest absolute Gasteiger partial charge is 0.303 e. The molecule has 102 valence electrons. The number of carboxylic acid groups (broad SMARTS) is 1. The lowest BCUT2D eigenvalue weighted by Crippen LogP contribution is -2.52. The van der Waals surface area contributed by atoms with Crippen LogP contribution in [0.2, 0.25) is 0 Å². The number of nitrogens with zero attached hydrogens (tertiary/aromatic N) is 1. The molecular formula is C14H23NO3. The van der Waals surface area contributed by atoms with E-state index in [2.05, 4.69) is 6.92 Å². The highest BCUT2D eigenvalue weighted by molar-refractivity contribution is 5.81. The number of piperidine rings is 1. The molecule has 3 atom stereocenters. The van der Waals surface area contributed by atoms with Crippen LogP contribution in [0.3, 0.4) is 0 Å². The van der Waals surface area contributed by atoms with Crippen molar-refractivity contribution in [2.24, 2.45) is 11.8 Å². The molecule has 0 aromatic heterocycles. The third-order valence-electron chi connectivity index (χ3n) is 4.61. The summed E-state index contributed by atoms with van der Waals surface area (Å²) in [5, 5.41) is 8.66. The number of carbonyl (C=O) groups excluding carboxylic acids is 1. The van der Waals surface area contributed by atoms with E-state index < -0.39 is 5.97 Å². The van der Waals surface area contributed by atoms with Gasteiger partial charge in [-0.25, -0.2) is 0 Å². The van der Waals surface area contributed by atoms with Crippen LogP contribution in [0.15, 0.2) is 0 Å². The molecule has 4 nitrogen and oxygen atoms in total. The maximum Gasteiger partial charge on any atom is 0.303 e. The summed E-state index contributed by atoms with van der Waals surface area (Å²) >= 11 is 0. The summed E-state index contributed by atoms with van der Waals surface area (Å²) < 4.78 is 0. The Hall–Kier alpha value is -1.06. The summed E-state index contributed by atoms with van der Waals surface area (Å²) in [6.07, 6.45) is 6.01. The number of rotatable bonds is 3. The van der Waals surface area contributed by atoms with E-state index in [1.54, 1.807) is 0 Å². The predicted octanol–water partition coefficient (Wildman–Crippen LogP) is 2.28. The van der Waals surface area contributed by atoms with Crippen LogP contribution in [0, 0.1) is 11.8 Å². The van der Waals surface area contributed by atoms with Crippen LogP contribution in [-0.4, -0.2) is 34.5 Å². The fourth-order valence-corrected chi connectivity index (χ4v) is 3.58. The lowest BCUT2D eigenvalue weighted by atomic mass is 9.72. The topological polar surface area (TPSA) is 57.6 Å². The molecule has 1 saturated carbocycles. The van der Waals surface area contributed by atoms with Crippen molar-refractivity contribution >= 4 is 11.9 Å². The first kappa shape index (κ1) is 13.4. The second-order valence-corrected chi connectivity index (χ2v) is 5.76. The molecule has 0 aromatic carbocycles. The number of hydrogen-bond acceptors (Lipinski definition) is 2. The van der Waals surface area contributed by atoms with Gasteiger partial charge in [0.15, 0.2) is 0 Å². The van der Waals surface area contributed by atoms with Gasteiger partial charge in [-0.05, 0) is 31.1 Å². The molecule has 1 amide bonds. The van der Waals surface area contributed by atoms with Crippen LogP contribution >= 0.6 is 0 Å². The van der Waals surface area contributed by atoms with Crippen molar-refractivity contribution in [1.29, 1.82) is 0 Å². The van der Waals surface area contributed by atoms with Crippen LogP contribution in [0.1, 0.15) is 51.9 Å². The molecule has 1 N–H and O–H groups in total. The molecule has 0 radical (unpaired) electrons. The molecule has 2 fully saturated rings. The lowest BCUT2D eigenvalue weighted by molar-refractivity contribution is -0.144. The standard InChI is InChI=1S/C14H23NO3/c1-10-8-9-15(13(16)6-7-14(17)18)12-5-3-2-4-11(10)12/h10-12H,2-9H2,1H3,(H,17,18). The second kappa shape index (κ2) is 5.72. The summed E-state index contributed by atoms with van der Waals surface area (Å²) in [5.74, 6) is 0.509. The summed E-state index contributed by atoms with van der Waals surface area (Å²) in [4.78, 5) is 24.7. The van der Waals surface area contributed by atoms with E-state index in [9.17, 15) is 9.59 Å². The molecule has 2 rings (SSSR count). The molecule has 0 aromatic rings. The Morgan fingerprint density at radius 1 is 1.17 bits per heavy atom. The van der Waals surface area contributed by atoms with Gasteiger partial charge in [-0.1, -0.05) is 19.8 Å². The molecule has 4 heteroatoms. The zero-order chi connectivity index (χ0) is 13.1. The zero-order valence-electron chi connectivity index (χ0n) is 11.1. The SMILES string of the molecule is CC1CCN(C(=O)CCC(=O)O)C2CCCCC12. The highest BCUT2D eigenvalue weighted by Crippen LogP contribution is 2.38. The van der Waals surface area contributed by atoms with Crippen LogP contribution in [0.4, 0.5) is 0 Å². The monoisotopic (exact) mass is 253 g/mol. The zero-order valence-corrected chi connectivity index (χ0v) is 11.1. The van der Waals surface area contributed by atoms with Crippen molar-refractivity contribution in [1.82, 2.24) is 4.90 Å². The van der Waals surface area contributed by atoms with E-state index in [-0.39, 0.29) is 18.7 Å². The molecule has 0 bridgehead atoms. The highest BCUT2D eigenvalue weighted by Gasteiger charge is 2.39. The molecule has 1 saturated heterocycles. The number of hydrogen-bond donors (Lipinski definition) is 1. The normalized spacial score (nSPS) is 31.8. The molecule has 0 spiro atoms. The molecular weight excluding hydrogens is 230 g/mol. The minimum atomic E-state index is -0.881. The minimum Gasteiger partial charge on any atom is -0.481 e. The number of carbonyl (C=O) groups is 2. The third-order valence-corrected chi connectivity index (χ3v) is 4.61. The first-order valence-corrected chi connectivity index (χ1v) is 7.11. The van der Waals surface area contributed by atoms with Gasteiger partial charge in [-0.15, -0.1) is 0 Å². The number of likely N-dealkylation sites (tertiary alicyclic amines) is 1. The van der Waals surface area contributed by atoms with Gasteiger partial charge >= 0.3 is 5.97 Å². The van der Waals surface area contributed by atoms with Crippen molar-refractivity contribution in [3.8, 4) is 0 Å². The summed E-state index contributed by atoms with van der Waals surface area (Å²) in [6, 6.07) is 0.379. The Bertz CT molecular complexity index is 329. The molecule has 2 aliphatic rings. The van der Waals surface area contributed by atoms with Crippen LogP contribution < -0.4 is 0 Å². The average Bonchev–Trinajstić information content (AvgIpc) is 2.37. The van der Waals surface area contributed by atoms with Gasteiger partial charge in [0.1, 0.15) is 0 Å². The van der Waals surface area contributed by atoms with E-state index in [4.69, 9.17) is 5.11 Å².